The van der Waals surface area contributed by atoms with Crippen molar-refractivity contribution in [1.82, 2.24) is 14.8 Å². The molecule has 2 N–H and O–H groups in total. The zero-order valence-electron chi connectivity index (χ0n) is 10.1. The average molecular weight is 230 g/mol. The Morgan fingerprint density at radius 2 is 2.18 bits per heavy atom. The molecule has 1 heterocycles. The van der Waals surface area contributed by atoms with Crippen LogP contribution in [0, 0.1) is 0 Å². The fourth-order valence-electron chi connectivity index (χ4n) is 1.92. The Morgan fingerprint density at radius 3 is 2.88 bits per heavy atom. The van der Waals surface area contributed by atoms with Crippen LogP contribution in [-0.2, 0) is 0 Å². The SMILES string of the molecule is CCCC[C@H](N)c1ccccc1-n1cncn1. The van der Waals surface area contributed by atoms with Crippen molar-refractivity contribution in [1.29, 1.82) is 0 Å². The van der Waals surface area contributed by atoms with Crippen molar-refractivity contribution < 1.29 is 0 Å². The minimum absolute atomic E-state index is 0.0651. The van der Waals surface area contributed by atoms with E-state index in [-0.39, 0.29) is 6.04 Å². The third kappa shape index (κ3) is 2.71. The predicted octanol–water partition coefficient (Wildman–Crippen LogP) is 2.46. The van der Waals surface area contributed by atoms with Crippen molar-refractivity contribution in [2.45, 2.75) is 32.2 Å². The summed E-state index contributed by atoms with van der Waals surface area (Å²) in [5.41, 5.74) is 8.38. The molecule has 0 unspecified atom stereocenters. The lowest BCUT2D eigenvalue weighted by molar-refractivity contribution is 0.599. The third-order valence-corrected chi connectivity index (χ3v) is 2.87. The largest absolute Gasteiger partial charge is 0.324 e. The van der Waals surface area contributed by atoms with Crippen molar-refractivity contribution >= 4 is 0 Å². The van der Waals surface area contributed by atoms with Crippen LogP contribution in [0.25, 0.3) is 5.69 Å². The van der Waals surface area contributed by atoms with Crippen LogP contribution in [-0.4, -0.2) is 14.8 Å². The molecule has 2 aromatic rings. The summed E-state index contributed by atoms with van der Waals surface area (Å²) < 4.78 is 1.77. The minimum atomic E-state index is 0.0651. The van der Waals surface area contributed by atoms with E-state index < -0.39 is 0 Å². The van der Waals surface area contributed by atoms with Gasteiger partial charge in [-0.1, -0.05) is 38.0 Å². The maximum absolute atomic E-state index is 6.23. The van der Waals surface area contributed by atoms with Crippen LogP contribution in [0.5, 0.6) is 0 Å². The summed E-state index contributed by atoms with van der Waals surface area (Å²) in [7, 11) is 0. The van der Waals surface area contributed by atoms with E-state index in [4.69, 9.17) is 5.73 Å². The molecule has 4 heteroatoms. The van der Waals surface area contributed by atoms with Crippen LogP contribution < -0.4 is 5.73 Å². The quantitative estimate of drug-likeness (QED) is 0.858. The third-order valence-electron chi connectivity index (χ3n) is 2.87. The van der Waals surface area contributed by atoms with Crippen LogP contribution >= 0.6 is 0 Å². The molecular formula is C13H18N4. The molecular weight excluding hydrogens is 212 g/mol. The lowest BCUT2D eigenvalue weighted by atomic mass is 10.0. The average Bonchev–Trinajstić information content (AvgIpc) is 2.89. The molecule has 0 aliphatic carbocycles. The molecule has 90 valence electrons. The molecule has 1 aromatic heterocycles. The minimum Gasteiger partial charge on any atom is -0.324 e. The number of hydrogen-bond acceptors (Lipinski definition) is 3. The van der Waals surface area contributed by atoms with Gasteiger partial charge in [0.25, 0.3) is 0 Å². The van der Waals surface area contributed by atoms with Crippen LogP contribution in [0.2, 0.25) is 0 Å². The zero-order chi connectivity index (χ0) is 12.1. The van der Waals surface area contributed by atoms with Gasteiger partial charge in [-0.3, -0.25) is 0 Å². The number of hydrogen-bond donors (Lipinski definition) is 1. The van der Waals surface area contributed by atoms with Gasteiger partial charge in [-0.05, 0) is 18.1 Å². The highest BCUT2D eigenvalue weighted by molar-refractivity contribution is 5.41. The molecule has 0 saturated heterocycles. The van der Waals surface area contributed by atoms with E-state index in [0.29, 0.717) is 0 Å². The molecule has 0 amide bonds. The fourth-order valence-corrected chi connectivity index (χ4v) is 1.92. The number of rotatable bonds is 5. The van der Waals surface area contributed by atoms with E-state index in [1.165, 1.54) is 12.7 Å². The molecule has 0 fully saturated rings. The maximum atomic E-state index is 6.23. The molecule has 17 heavy (non-hydrogen) atoms. The highest BCUT2D eigenvalue weighted by atomic mass is 15.3. The van der Waals surface area contributed by atoms with E-state index in [1.807, 2.05) is 18.2 Å². The molecule has 1 aromatic carbocycles. The summed E-state index contributed by atoms with van der Waals surface area (Å²) in [5.74, 6) is 0. The lowest BCUT2D eigenvalue weighted by Crippen LogP contribution is -2.13. The summed E-state index contributed by atoms with van der Waals surface area (Å²) in [6.07, 6.45) is 6.55. The second-order valence-electron chi connectivity index (χ2n) is 4.15. The van der Waals surface area contributed by atoms with Crippen molar-refractivity contribution in [3.63, 3.8) is 0 Å². The number of unbranched alkanes of at least 4 members (excludes halogenated alkanes) is 1. The topological polar surface area (TPSA) is 56.7 Å². The Hall–Kier alpha value is -1.68. The number of para-hydroxylation sites is 1. The van der Waals surface area contributed by atoms with Gasteiger partial charge in [-0.15, -0.1) is 0 Å². The first-order valence-electron chi connectivity index (χ1n) is 6.02. The molecule has 0 aliphatic heterocycles. The Balaban J connectivity index is 2.28. The van der Waals surface area contributed by atoms with Gasteiger partial charge in [-0.25, -0.2) is 9.67 Å². The van der Waals surface area contributed by atoms with Crippen molar-refractivity contribution in [3.05, 3.63) is 42.5 Å². The van der Waals surface area contributed by atoms with Crippen LogP contribution in [0.1, 0.15) is 37.8 Å². The van der Waals surface area contributed by atoms with Gasteiger partial charge in [0.1, 0.15) is 12.7 Å². The second-order valence-corrected chi connectivity index (χ2v) is 4.15. The fraction of sp³-hybridized carbons (Fsp3) is 0.385. The van der Waals surface area contributed by atoms with Gasteiger partial charge in [0, 0.05) is 6.04 Å². The van der Waals surface area contributed by atoms with E-state index >= 15 is 0 Å². The number of benzene rings is 1. The summed E-state index contributed by atoms with van der Waals surface area (Å²) >= 11 is 0. The second kappa shape index (κ2) is 5.59. The van der Waals surface area contributed by atoms with Crippen molar-refractivity contribution in [2.75, 3.05) is 0 Å². The Kier molecular flexibility index (Phi) is 3.88. The Morgan fingerprint density at radius 1 is 1.35 bits per heavy atom. The summed E-state index contributed by atoms with van der Waals surface area (Å²) in [5, 5.41) is 4.16. The molecule has 4 nitrogen and oxygen atoms in total. The summed E-state index contributed by atoms with van der Waals surface area (Å²) in [6.45, 7) is 2.18. The summed E-state index contributed by atoms with van der Waals surface area (Å²) in [4.78, 5) is 3.97. The van der Waals surface area contributed by atoms with Gasteiger partial charge in [-0.2, -0.15) is 5.10 Å². The van der Waals surface area contributed by atoms with E-state index in [9.17, 15) is 0 Å². The molecule has 0 spiro atoms. The van der Waals surface area contributed by atoms with Crippen LogP contribution in [0.4, 0.5) is 0 Å². The molecule has 0 radical (unpaired) electrons. The highest BCUT2D eigenvalue weighted by Crippen LogP contribution is 2.22. The van der Waals surface area contributed by atoms with Crippen molar-refractivity contribution in [2.24, 2.45) is 5.73 Å². The smallest absolute Gasteiger partial charge is 0.138 e. The molecule has 0 aliphatic rings. The Bertz CT molecular complexity index is 450. The molecule has 2 rings (SSSR count). The van der Waals surface area contributed by atoms with Gasteiger partial charge in [0.05, 0.1) is 5.69 Å². The predicted molar refractivity (Wildman–Crippen MR) is 67.8 cm³/mol. The van der Waals surface area contributed by atoms with E-state index in [1.54, 1.807) is 11.0 Å². The van der Waals surface area contributed by atoms with Crippen LogP contribution in [0.15, 0.2) is 36.9 Å². The first-order chi connectivity index (χ1) is 8.33. The van der Waals surface area contributed by atoms with Crippen LogP contribution in [0.3, 0.4) is 0 Å². The molecule has 1 atom stereocenters. The van der Waals surface area contributed by atoms with E-state index in [2.05, 4.69) is 23.1 Å². The normalized spacial score (nSPS) is 12.6. The first-order valence-corrected chi connectivity index (χ1v) is 6.02. The van der Waals surface area contributed by atoms with Gasteiger partial charge < -0.3 is 5.73 Å². The monoisotopic (exact) mass is 230 g/mol. The first kappa shape index (κ1) is 11.8. The maximum Gasteiger partial charge on any atom is 0.138 e. The number of nitrogens with two attached hydrogens (primary N) is 1. The highest BCUT2D eigenvalue weighted by Gasteiger charge is 2.11. The number of aromatic nitrogens is 3. The number of nitrogens with zero attached hydrogens (tertiary/aromatic N) is 3. The summed E-state index contributed by atoms with van der Waals surface area (Å²) in [6, 6.07) is 8.16. The molecule has 0 bridgehead atoms. The standard InChI is InChI=1S/C13H18N4/c1-2-3-7-12(14)11-6-4-5-8-13(11)17-10-15-9-16-17/h4-6,8-10,12H,2-3,7,14H2,1H3/t12-/m0/s1. The van der Waals surface area contributed by atoms with Crippen molar-refractivity contribution in [3.8, 4) is 5.69 Å². The van der Waals surface area contributed by atoms with Gasteiger partial charge in [0.2, 0.25) is 0 Å². The zero-order valence-corrected chi connectivity index (χ0v) is 10.1. The lowest BCUT2D eigenvalue weighted by Gasteiger charge is -2.15. The van der Waals surface area contributed by atoms with Gasteiger partial charge in [0.15, 0.2) is 0 Å². The Labute approximate surface area is 101 Å². The van der Waals surface area contributed by atoms with E-state index in [0.717, 1.165) is 24.1 Å². The molecule has 0 saturated carbocycles. The van der Waals surface area contributed by atoms with Gasteiger partial charge >= 0.3 is 0 Å².